The average Bonchev–Trinajstić information content (AvgIpc) is 3.42. The van der Waals surface area contributed by atoms with Crippen LogP contribution in [-0.4, -0.2) is 34.3 Å². The number of anilines is 4. The highest BCUT2D eigenvalue weighted by Gasteiger charge is 2.44. The lowest BCUT2D eigenvalue weighted by Gasteiger charge is -2.27. The van der Waals surface area contributed by atoms with E-state index in [2.05, 4.69) is 20.6 Å². The van der Waals surface area contributed by atoms with E-state index < -0.39 is 18.1 Å². The molecule has 1 fully saturated rings. The summed E-state index contributed by atoms with van der Waals surface area (Å²) in [5.74, 6) is 0.733. The molecule has 4 heterocycles. The number of fused-ring (bicyclic) bond motifs is 2. The van der Waals surface area contributed by atoms with Crippen LogP contribution in [0.4, 0.5) is 23.1 Å². The van der Waals surface area contributed by atoms with Gasteiger partial charge in [0.1, 0.15) is 23.2 Å². The van der Waals surface area contributed by atoms with E-state index in [1.165, 1.54) is 0 Å². The van der Waals surface area contributed by atoms with Gasteiger partial charge in [0.2, 0.25) is 11.4 Å². The number of para-hydroxylation sites is 1. The summed E-state index contributed by atoms with van der Waals surface area (Å²) in [6.45, 7) is 4.21. The van der Waals surface area contributed by atoms with Crippen molar-refractivity contribution in [3.8, 4) is 11.3 Å². The minimum atomic E-state index is -0.899. The van der Waals surface area contributed by atoms with Crippen LogP contribution in [0.1, 0.15) is 13.8 Å². The smallest absolute Gasteiger partial charge is 0.277 e. The third-order valence-electron chi connectivity index (χ3n) is 6.99. The van der Waals surface area contributed by atoms with Crippen molar-refractivity contribution in [2.45, 2.75) is 26.4 Å². The number of benzene rings is 2. The molecule has 4 N–H and O–H groups in total. The third kappa shape index (κ3) is 3.53. The van der Waals surface area contributed by atoms with Gasteiger partial charge in [-0.3, -0.25) is 14.6 Å². The zero-order chi connectivity index (χ0) is 25.0. The molecule has 6 rings (SSSR count). The minimum Gasteiger partial charge on any atom is -0.454 e. The van der Waals surface area contributed by atoms with Crippen LogP contribution >= 0.6 is 0 Å². The molecule has 2 aromatic carbocycles. The van der Waals surface area contributed by atoms with Crippen molar-refractivity contribution < 1.29 is 14.3 Å². The summed E-state index contributed by atoms with van der Waals surface area (Å²) in [7, 11) is 0. The normalized spacial score (nSPS) is 23.0. The second kappa shape index (κ2) is 8.51. The highest BCUT2D eigenvalue weighted by molar-refractivity contribution is 5.87. The molecule has 36 heavy (non-hydrogen) atoms. The second-order valence-corrected chi connectivity index (χ2v) is 9.18. The van der Waals surface area contributed by atoms with Gasteiger partial charge in [0.15, 0.2) is 17.9 Å². The van der Waals surface area contributed by atoms with E-state index in [1.54, 1.807) is 24.3 Å². The van der Waals surface area contributed by atoms with Gasteiger partial charge in [-0.05, 0) is 12.1 Å². The molecule has 0 aliphatic carbocycles. The molecule has 0 radical (unpaired) electrons. The monoisotopic (exact) mass is 487 g/mol. The summed E-state index contributed by atoms with van der Waals surface area (Å²) in [4.78, 5) is 35.6. The molecule has 4 aromatic rings. The van der Waals surface area contributed by atoms with Crippen molar-refractivity contribution in [2.75, 3.05) is 22.2 Å². The van der Waals surface area contributed by atoms with Crippen LogP contribution in [0.15, 0.2) is 68.6 Å². The number of hydrogen-bond acceptors (Lipinski definition) is 9. The van der Waals surface area contributed by atoms with Gasteiger partial charge in [0.05, 0.1) is 12.1 Å². The topological polar surface area (TPSA) is 133 Å². The third-order valence-corrected chi connectivity index (χ3v) is 6.99. The lowest BCUT2D eigenvalue weighted by Crippen LogP contribution is -2.39. The van der Waals surface area contributed by atoms with Crippen molar-refractivity contribution in [2.24, 2.45) is 11.8 Å². The van der Waals surface area contributed by atoms with Gasteiger partial charge in [0.25, 0.3) is 5.56 Å². The molecule has 4 unspecified atom stereocenters. The molecule has 10 heteroatoms. The molecule has 10 nitrogen and oxygen atoms in total. The fourth-order valence-electron chi connectivity index (χ4n) is 4.77. The summed E-state index contributed by atoms with van der Waals surface area (Å²) in [5, 5.41) is 16.7. The molecule has 184 valence electrons. The highest BCUT2D eigenvalue weighted by Crippen LogP contribution is 2.38. The number of nitrogens with one attached hydrogen (secondary N) is 3. The van der Waals surface area contributed by atoms with Gasteiger partial charge in [-0.25, -0.2) is 0 Å². The van der Waals surface area contributed by atoms with Crippen LogP contribution in [-0.2, 0) is 4.74 Å². The van der Waals surface area contributed by atoms with Crippen LogP contribution in [0.2, 0.25) is 0 Å². The van der Waals surface area contributed by atoms with Gasteiger partial charge in [-0.1, -0.05) is 56.3 Å². The number of rotatable bonds is 4. The number of aliphatic hydroxyl groups is 1. The Morgan fingerprint density at radius 1 is 1.06 bits per heavy atom. The van der Waals surface area contributed by atoms with E-state index in [9.17, 15) is 14.7 Å². The predicted octanol–water partition coefficient (Wildman–Crippen LogP) is 3.42. The van der Waals surface area contributed by atoms with Crippen molar-refractivity contribution in [1.82, 2.24) is 9.97 Å². The first-order valence-corrected chi connectivity index (χ1v) is 11.8. The van der Waals surface area contributed by atoms with Crippen molar-refractivity contribution in [1.29, 1.82) is 0 Å². The molecule has 2 aliphatic rings. The summed E-state index contributed by atoms with van der Waals surface area (Å²) >= 11 is 0. The molecular formula is C26H25N5O5. The number of aromatic amines is 1. The number of nitrogens with zero attached hydrogens (tertiary/aromatic N) is 2. The van der Waals surface area contributed by atoms with E-state index in [4.69, 9.17) is 9.15 Å². The fourth-order valence-corrected chi connectivity index (χ4v) is 4.77. The summed E-state index contributed by atoms with van der Waals surface area (Å²) < 4.78 is 11.9. The Morgan fingerprint density at radius 2 is 1.81 bits per heavy atom. The van der Waals surface area contributed by atoms with Gasteiger partial charge in [0, 0.05) is 17.4 Å². The fraction of sp³-hybridized carbons (Fsp3) is 0.269. The molecule has 0 saturated carbocycles. The molecule has 0 bridgehead atoms. The van der Waals surface area contributed by atoms with E-state index in [1.807, 2.05) is 49.1 Å². The average molecular weight is 488 g/mol. The van der Waals surface area contributed by atoms with E-state index >= 15 is 0 Å². The number of hydrogen-bond donors (Lipinski definition) is 4. The standard InChI is InChI=1S/C26H25N5O5/c1-13-14(2)25(34)36-24(13)31-12-27-19-22(31)29-26(30-23(19)33)28-18-20(32)16-10-6-7-11-17(16)35-21(18)15-8-4-3-5-9-15/h3-11,13-14,24-25,27,34H,12H2,1-2H3,(H2,28,29,30,33). The maximum absolute atomic E-state index is 13.5. The maximum Gasteiger partial charge on any atom is 0.277 e. The summed E-state index contributed by atoms with van der Waals surface area (Å²) in [5.41, 5.74) is 0.951. The Balaban J connectivity index is 1.45. The first kappa shape index (κ1) is 22.3. The number of aliphatic hydroxyl groups excluding tert-OH is 1. The highest BCUT2D eigenvalue weighted by atomic mass is 16.6. The zero-order valence-electron chi connectivity index (χ0n) is 19.7. The Bertz CT molecular complexity index is 1570. The second-order valence-electron chi connectivity index (χ2n) is 9.18. The van der Waals surface area contributed by atoms with Crippen LogP contribution in [0.5, 0.6) is 0 Å². The number of aromatic nitrogens is 2. The lowest BCUT2D eigenvalue weighted by atomic mass is 9.96. The largest absolute Gasteiger partial charge is 0.454 e. The molecule has 2 aromatic heterocycles. The van der Waals surface area contributed by atoms with E-state index in [-0.39, 0.29) is 28.9 Å². The van der Waals surface area contributed by atoms with Crippen LogP contribution in [0.25, 0.3) is 22.3 Å². The van der Waals surface area contributed by atoms with Crippen LogP contribution < -0.4 is 26.5 Å². The molecule has 0 amide bonds. The quantitative estimate of drug-likeness (QED) is 0.342. The summed E-state index contributed by atoms with van der Waals surface area (Å²) in [6, 6.07) is 16.3. The van der Waals surface area contributed by atoms with Gasteiger partial charge in [-0.15, -0.1) is 0 Å². The molecule has 2 aliphatic heterocycles. The number of H-pyrrole nitrogens is 1. The molecule has 0 spiro atoms. The van der Waals surface area contributed by atoms with Crippen LogP contribution in [0.3, 0.4) is 0 Å². The maximum atomic E-state index is 13.5. The first-order valence-electron chi connectivity index (χ1n) is 11.8. The van der Waals surface area contributed by atoms with Gasteiger partial charge >= 0.3 is 0 Å². The lowest BCUT2D eigenvalue weighted by molar-refractivity contribution is -0.105. The van der Waals surface area contributed by atoms with Crippen molar-refractivity contribution in [3.05, 3.63) is 75.2 Å². The Kier molecular flexibility index (Phi) is 5.27. The molecular weight excluding hydrogens is 462 g/mol. The van der Waals surface area contributed by atoms with Crippen molar-refractivity contribution >= 4 is 34.1 Å². The van der Waals surface area contributed by atoms with E-state index in [0.29, 0.717) is 40.5 Å². The predicted molar refractivity (Wildman–Crippen MR) is 136 cm³/mol. The molecule has 1 saturated heterocycles. The Hall–Kier alpha value is -4.15. The van der Waals surface area contributed by atoms with Gasteiger partial charge in [-0.2, -0.15) is 4.98 Å². The Labute approximate surface area is 205 Å². The zero-order valence-corrected chi connectivity index (χ0v) is 19.7. The minimum absolute atomic E-state index is 0.00228. The van der Waals surface area contributed by atoms with Crippen LogP contribution in [0, 0.1) is 11.8 Å². The molecule has 4 atom stereocenters. The Morgan fingerprint density at radius 3 is 2.56 bits per heavy atom. The SMILES string of the molecule is CC1C(O)OC(N2CNc3c2nc(Nc2c(-c4ccccc4)oc4ccccc4c2=O)[nH]c3=O)C1C. The van der Waals surface area contributed by atoms with Gasteiger partial charge < -0.3 is 29.8 Å². The summed E-state index contributed by atoms with van der Waals surface area (Å²) in [6.07, 6.45) is -1.36. The first-order chi connectivity index (χ1) is 17.4. The number of ether oxygens (including phenoxy) is 1. The van der Waals surface area contributed by atoms with Crippen molar-refractivity contribution in [3.63, 3.8) is 0 Å². The van der Waals surface area contributed by atoms with E-state index in [0.717, 1.165) is 0 Å².